The Morgan fingerprint density at radius 1 is 1.28 bits per heavy atom. The maximum atomic E-state index is 11.7. The Labute approximate surface area is 116 Å². The minimum Gasteiger partial charge on any atom is -0.381 e. The average Bonchev–Trinajstić information content (AvgIpc) is 2.83. The molecule has 1 unspecified atom stereocenters. The molecular weight excluding hydrogens is 252 g/mol. The Hall–Kier alpha value is -0.320. The molecule has 5 heteroatoms. The highest BCUT2D eigenvalue weighted by Crippen LogP contribution is 2.17. The molecule has 0 saturated carbocycles. The Morgan fingerprint density at radius 3 is 2.72 bits per heavy atom. The second kappa shape index (κ2) is 8.73. The molecule has 2 saturated heterocycles. The lowest BCUT2D eigenvalue weighted by molar-refractivity contribution is -0.121. The van der Waals surface area contributed by atoms with Crippen LogP contribution in [0.15, 0.2) is 0 Å². The summed E-state index contributed by atoms with van der Waals surface area (Å²) in [4.78, 5) is 11.7. The molecule has 2 fully saturated rings. The SMILES string of the molecule is Cl.O=C(CC1CCCN1)NCCC1CCOCC1. The van der Waals surface area contributed by atoms with Gasteiger partial charge in [-0.2, -0.15) is 0 Å². The standard InChI is InChI=1S/C13H24N2O2.ClH/c16-13(10-12-2-1-6-14-12)15-7-3-11-4-8-17-9-5-11;/h11-12,14H,1-10H2,(H,15,16);1H. The maximum Gasteiger partial charge on any atom is 0.221 e. The molecule has 0 aromatic rings. The molecule has 1 atom stereocenters. The molecule has 0 spiro atoms. The Bertz CT molecular complexity index is 239. The van der Waals surface area contributed by atoms with Crippen molar-refractivity contribution in [3.8, 4) is 0 Å². The van der Waals surface area contributed by atoms with E-state index in [4.69, 9.17) is 4.74 Å². The van der Waals surface area contributed by atoms with Crippen molar-refractivity contribution in [3.05, 3.63) is 0 Å². The van der Waals surface area contributed by atoms with E-state index in [2.05, 4.69) is 10.6 Å². The molecule has 2 aliphatic rings. The molecular formula is C13H25ClN2O2. The number of carbonyl (C=O) groups excluding carboxylic acids is 1. The van der Waals surface area contributed by atoms with Crippen LogP contribution in [-0.4, -0.2) is 38.3 Å². The fraction of sp³-hybridized carbons (Fsp3) is 0.923. The average molecular weight is 277 g/mol. The number of nitrogens with one attached hydrogen (secondary N) is 2. The zero-order chi connectivity index (χ0) is 11.9. The molecule has 0 aromatic heterocycles. The number of halogens is 1. The van der Waals surface area contributed by atoms with E-state index in [0.29, 0.717) is 12.5 Å². The van der Waals surface area contributed by atoms with Crippen molar-refractivity contribution in [2.24, 2.45) is 5.92 Å². The molecule has 0 aliphatic carbocycles. The summed E-state index contributed by atoms with van der Waals surface area (Å²) in [5, 5.41) is 6.39. The fourth-order valence-corrected chi connectivity index (χ4v) is 2.68. The summed E-state index contributed by atoms with van der Waals surface area (Å²) < 4.78 is 5.32. The van der Waals surface area contributed by atoms with Crippen LogP contribution < -0.4 is 10.6 Å². The third-order valence-electron chi connectivity index (χ3n) is 3.81. The van der Waals surface area contributed by atoms with Crippen molar-refractivity contribution in [3.63, 3.8) is 0 Å². The van der Waals surface area contributed by atoms with Gasteiger partial charge in [-0.05, 0) is 44.6 Å². The van der Waals surface area contributed by atoms with Gasteiger partial charge in [0.05, 0.1) is 0 Å². The predicted molar refractivity (Wildman–Crippen MR) is 74.1 cm³/mol. The molecule has 2 N–H and O–H groups in total. The lowest BCUT2D eigenvalue weighted by Gasteiger charge is -2.22. The van der Waals surface area contributed by atoms with Crippen LogP contribution in [0.1, 0.15) is 38.5 Å². The lowest BCUT2D eigenvalue weighted by atomic mass is 9.97. The van der Waals surface area contributed by atoms with Gasteiger partial charge in [-0.3, -0.25) is 4.79 Å². The van der Waals surface area contributed by atoms with Crippen molar-refractivity contribution in [2.45, 2.75) is 44.6 Å². The van der Waals surface area contributed by atoms with E-state index in [-0.39, 0.29) is 18.3 Å². The van der Waals surface area contributed by atoms with Gasteiger partial charge < -0.3 is 15.4 Å². The van der Waals surface area contributed by atoms with Crippen LogP contribution in [-0.2, 0) is 9.53 Å². The normalized spacial score (nSPS) is 24.6. The second-order valence-electron chi connectivity index (χ2n) is 5.19. The third kappa shape index (κ3) is 5.55. The molecule has 4 nitrogen and oxygen atoms in total. The zero-order valence-corrected chi connectivity index (χ0v) is 11.8. The number of rotatable bonds is 5. The van der Waals surface area contributed by atoms with Crippen LogP contribution in [0.3, 0.4) is 0 Å². The summed E-state index contributed by atoms with van der Waals surface area (Å²) in [5.41, 5.74) is 0. The molecule has 2 rings (SSSR count). The number of carbonyl (C=O) groups is 1. The van der Waals surface area contributed by atoms with E-state index >= 15 is 0 Å². The van der Waals surface area contributed by atoms with Gasteiger partial charge in [0.2, 0.25) is 5.91 Å². The van der Waals surface area contributed by atoms with Gasteiger partial charge in [-0.15, -0.1) is 12.4 Å². The van der Waals surface area contributed by atoms with Crippen LogP contribution >= 0.6 is 12.4 Å². The summed E-state index contributed by atoms with van der Waals surface area (Å²) in [6.45, 7) is 3.69. The van der Waals surface area contributed by atoms with Gasteiger partial charge in [0, 0.05) is 32.2 Å². The first-order valence-corrected chi connectivity index (χ1v) is 6.92. The van der Waals surface area contributed by atoms with E-state index in [9.17, 15) is 4.79 Å². The zero-order valence-electron chi connectivity index (χ0n) is 11.0. The molecule has 2 aliphatic heterocycles. The van der Waals surface area contributed by atoms with Crippen molar-refractivity contribution in [1.29, 1.82) is 0 Å². The first-order valence-electron chi connectivity index (χ1n) is 6.92. The van der Waals surface area contributed by atoms with Gasteiger partial charge >= 0.3 is 0 Å². The number of ether oxygens (including phenoxy) is 1. The van der Waals surface area contributed by atoms with Gasteiger partial charge in [-0.1, -0.05) is 0 Å². The number of hydrogen-bond donors (Lipinski definition) is 2. The molecule has 106 valence electrons. The highest BCUT2D eigenvalue weighted by Gasteiger charge is 2.18. The summed E-state index contributed by atoms with van der Waals surface area (Å²) in [6.07, 6.45) is 6.41. The van der Waals surface area contributed by atoms with Gasteiger partial charge in [0.25, 0.3) is 0 Å². The molecule has 1 amide bonds. The van der Waals surface area contributed by atoms with Crippen molar-refractivity contribution < 1.29 is 9.53 Å². The topological polar surface area (TPSA) is 50.4 Å². The Morgan fingerprint density at radius 2 is 2.06 bits per heavy atom. The van der Waals surface area contributed by atoms with E-state index in [1.807, 2.05) is 0 Å². The molecule has 0 radical (unpaired) electrons. The van der Waals surface area contributed by atoms with Crippen LogP contribution in [0, 0.1) is 5.92 Å². The number of hydrogen-bond acceptors (Lipinski definition) is 3. The quantitative estimate of drug-likeness (QED) is 0.800. The van der Waals surface area contributed by atoms with E-state index < -0.39 is 0 Å². The molecule has 18 heavy (non-hydrogen) atoms. The highest BCUT2D eigenvalue weighted by molar-refractivity contribution is 5.85. The van der Waals surface area contributed by atoms with Crippen LogP contribution in [0.4, 0.5) is 0 Å². The van der Waals surface area contributed by atoms with Gasteiger partial charge in [-0.25, -0.2) is 0 Å². The van der Waals surface area contributed by atoms with E-state index in [1.54, 1.807) is 0 Å². The van der Waals surface area contributed by atoms with Crippen LogP contribution in [0.25, 0.3) is 0 Å². The minimum atomic E-state index is 0. The summed E-state index contributed by atoms with van der Waals surface area (Å²) >= 11 is 0. The van der Waals surface area contributed by atoms with E-state index in [1.165, 1.54) is 6.42 Å². The van der Waals surface area contributed by atoms with Crippen molar-refractivity contribution >= 4 is 18.3 Å². The Balaban J connectivity index is 0.00000162. The summed E-state index contributed by atoms with van der Waals surface area (Å²) in [7, 11) is 0. The Kier molecular flexibility index (Phi) is 7.63. The van der Waals surface area contributed by atoms with E-state index in [0.717, 1.165) is 57.9 Å². The summed E-state index contributed by atoms with van der Waals surface area (Å²) in [6, 6.07) is 0.415. The summed E-state index contributed by atoms with van der Waals surface area (Å²) in [5.74, 6) is 0.949. The highest BCUT2D eigenvalue weighted by atomic mass is 35.5. The number of amides is 1. The fourth-order valence-electron chi connectivity index (χ4n) is 2.68. The van der Waals surface area contributed by atoms with Gasteiger partial charge in [0.1, 0.15) is 0 Å². The third-order valence-corrected chi connectivity index (χ3v) is 3.81. The molecule has 0 aromatic carbocycles. The van der Waals surface area contributed by atoms with Gasteiger partial charge in [0.15, 0.2) is 0 Å². The second-order valence-corrected chi connectivity index (χ2v) is 5.19. The first kappa shape index (κ1) is 15.7. The lowest BCUT2D eigenvalue weighted by Crippen LogP contribution is -2.33. The largest absolute Gasteiger partial charge is 0.381 e. The maximum absolute atomic E-state index is 11.7. The monoisotopic (exact) mass is 276 g/mol. The predicted octanol–water partition coefficient (Wildman–Crippen LogP) is 1.48. The van der Waals surface area contributed by atoms with Crippen molar-refractivity contribution in [2.75, 3.05) is 26.3 Å². The van der Waals surface area contributed by atoms with Crippen LogP contribution in [0.2, 0.25) is 0 Å². The smallest absolute Gasteiger partial charge is 0.221 e. The first-order chi connectivity index (χ1) is 8.34. The molecule has 2 heterocycles. The minimum absolute atomic E-state index is 0. The van der Waals surface area contributed by atoms with Crippen LogP contribution in [0.5, 0.6) is 0 Å². The van der Waals surface area contributed by atoms with Crippen molar-refractivity contribution in [1.82, 2.24) is 10.6 Å². The molecule has 0 bridgehead atoms.